The molecule has 0 bridgehead atoms. The molecule has 5 rings (SSSR count). The van der Waals surface area contributed by atoms with Crippen LogP contribution >= 0.6 is 0 Å². The number of carbonyl (C=O) groups is 2. The Labute approximate surface area is 268 Å². The normalized spacial score (nSPS) is 16.5. The first-order valence-corrected chi connectivity index (χ1v) is 14.2. The van der Waals surface area contributed by atoms with Gasteiger partial charge in [0.1, 0.15) is 18.1 Å². The van der Waals surface area contributed by atoms with E-state index >= 15 is 0 Å². The molecule has 3 heterocycles. The first-order valence-electron chi connectivity index (χ1n) is 14.2. The van der Waals surface area contributed by atoms with Gasteiger partial charge in [-0.05, 0) is 35.1 Å². The van der Waals surface area contributed by atoms with Crippen LogP contribution in [-0.2, 0) is 24.3 Å². The molecular formula is C31H33LiN8O4. The van der Waals surface area contributed by atoms with Gasteiger partial charge in [0.25, 0.3) is 0 Å². The zero-order valence-corrected chi connectivity index (χ0v) is 25.1. The number of piperazine rings is 1. The minimum Gasteiger partial charge on any atom is -0.543 e. The van der Waals surface area contributed by atoms with Crippen molar-refractivity contribution in [3.8, 4) is 6.19 Å². The standard InChI is InChI=1S/C31H34N8O4.Li/c1-21(2)27-18-37(28-16-33-26(15-34-28)29(40)41)13-14-39(27)30(35-20-32)36-25-10-6-9-23-17-38(12-11-24(23)25)31(42)43-19-22-7-4-3-5-8-22;/h3-10,15-16,21,27H,11-14,17-19H2,1-2H3,(H,35,36)(H,40,41);/q;+1/p-1. The van der Waals surface area contributed by atoms with Crippen LogP contribution in [0.3, 0.4) is 0 Å². The van der Waals surface area contributed by atoms with E-state index in [2.05, 4.69) is 39.0 Å². The van der Waals surface area contributed by atoms with Crippen molar-refractivity contribution in [2.45, 2.75) is 39.5 Å². The second-order valence-corrected chi connectivity index (χ2v) is 10.8. The molecule has 12 nitrogen and oxygen atoms in total. The van der Waals surface area contributed by atoms with Crippen molar-refractivity contribution in [1.29, 1.82) is 5.26 Å². The molecule has 0 saturated carbocycles. The van der Waals surface area contributed by atoms with Crippen LogP contribution in [0.15, 0.2) is 65.9 Å². The molecule has 3 aromatic rings. The van der Waals surface area contributed by atoms with Gasteiger partial charge < -0.3 is 34.7 Å². The number of rotatable bonds is 6. The number of hydrogen-bond donors (Lipinski definition) is 1. The van der Waals surface area contributed by atoms with E-state index in [1.165, 1.54) is 12.4 Å². The smallest absolute Gasteiger partial charge is 0.543 e. The van der Waals surface area contributed by atoms with Gasteiger partial charge in [-0.15, -0.1) is 4.99 Å². The van der Waals surface area contributed by atoms with Gasteiger partial charge in [-0.1, -0.05) is 56.3 Å². The van der Waals surface area contributed by atoms with E-state index in [1.807, 2.05) is 59.6 Å². The number of fused-ring (bicyclic) bond motifs is 1. The Morgan fingerprint density at radius 2 is 1.91 bits per heavy atom. The predicted octanol–water partition coefficient (Wildman–Crippen LogP) is -0.365. The fraction of sp³-hybridized carbons (Fsp3) is 0.355. The summed E-state index contributed by atoms with van der Waals surface area (Å²) in [5.41, 5.74) is 3.65. The maximum atomic E-state index is 12.8. The first kappa shape index (κ1) is 32.3. The van der Waals surface area contributed by atoms with Crippen LogP contribution < -0.4 is 34.2 Å². The fourth-order valence-corrected chi connectivity index (χ4v) is 5.47. The van der Waals surface area contributed by atoms with Crippen LogP contribution in [0.5, 0.6) is 0 Å². The number of nitriles is 1. The van der Waals surface area contributed by atoms with Crippen LogP contribution in [0, 0.1) is 17.4 Å². The molecule has 1 atom stereocenters. The van der Waals surface area contributed by atoms with Crippen molar-refractivity contribution in [1.82, 2.24) is 19.8 Å². The summed E-state index contributed by atoms with van der Waals surface area (Å²) >= 11 is 0. The Hall–Kier alpha value is -4.58. The molecule has 1 saturated heterocycles. The number of aliphatic imine (C=N–C) groups is 1. The van der Waals surface area contributed by atoms with Gasteiger partial charge in [0, 0.05) is 38.4 Å². The number of ether oxygens (including phenoxy) is 1. The summed E-state index contributed by atoms with van der Waals surface area (Å²) in [7, 11) is 0. The minimum absolute atomic E-state index is 0. The summed E-state index contributed by atoms with van der Waals surface area (Å²) in [6, 6.07) is 15.5. The number of guanidine groups is 1. The molecule has 2 aliphatic heterocycles. The Morgan fingerprint density at radius 1 is 1.11 bits per heavy atom. The Kier molecular flexibility index (Phi) is 10.8. The van der Waals surface area contributed by atoms with Crippen molar-refractivity contribution in [2.24, 2.45) is 10.9 Å². The molecule has 222 valence electrons. The van der Waals surface area contributed by atoms with Crippen molar-refractivity contribution < 1.29 is 38.3 Å². The average molecular weight is 589 g/mol. The molecule has 1 aromatic heterocycles. The van der Waals surface area contributed by atoms with Crippen LogP contribution in [0.2, 0.25) is 0 Å². The summed E-state index contributed by atoms with van der Waals surface area (Å²) in [4.78, 5) is 42.1. The summed E-state index contributed by atoms with van der Waals surface area (Å²) in [5.74, 6) is -0.140. The van der Waals surface area contributed by atoms with Gasteiger partial charge in [-0.25, -0.2) is 14.8 Å². The van der Waals surface area contributed by atoms with Gasteiger partial charge in [-0.3, -0.25) is 0 Å². The van der Waals surface area contributed by atoms with Crippen LogP contribution in [0.25, 0.3) is 0 Å². The number of carboxylic acids is 1. The van der Waals surface area contributed by atoms with E-state index in [1.54, 1.807) is 4.90 Å². The maximum Gasteiger partial charge on any atom is 1.00 e. The first-order chi connectivity index (χ1) is 20.8. The summed E-state index contributed by atoms with van der Waals surface area (Å²) < 4.78 is 5.55. The number of nitrogens with one attached hydrogen (secondary N) is 1. The second-order valence-electron chi connectivity index (χ2n) is 10.8. The zero-order valence-electron chi connectivity index (χ0n) is 25.1. The van der Waals surface area contributed by atoms with E-state index in [4.69, 9.17) is 4.74 Å². The second kappa shape index (κ2) is 14.7. The largest absolute Gasteiger partial charge is 1.00 e. The van der Waals surface area contributed by atoms with E-state index in [-0.39, 0.29) is 49.2 Å². The summed E-state index contributed by atoms with van der Waals surface area (Å²) in [5, 5.41) is 24.1. The number of benzene rings is 2. The third-order valence-corrected chi connectivity index (χ3v) is 7.76. The summed E-state index contributed by atoms with van der Waals surface area (Å²) in [6.45, 7) is 7.07. The topological polar surface area (TPSA) is 150 Å². The van der Waals surface area contributed by atoms with Gasteiger partial charge in [0.15, 0.2) is 0 Å². The molecule has 1 fully saturated rings. The molecule has 2 aromatic carbocycles. The number of aromatic carboxylic acids is 1. The molecule has 0 radical (unpaired) electrons. The van der Waals surface area contributed by atoms with Gasteiger partial charge in [0.05, 0.1) is 24.4 Å². The Morgan fingerprint density at radius 3 is 2.59 bits per heavy atom. The van der Waals surface area contributed by atoms with Gasteiger partial charge >= 0.3 is 25.0 Å². The van der Waals surface area contributed by atoms with Gasteiger partial charge in [-0.2, -0.15) is 5.26 Å². The molecule has 0 aliphatic carbocycles. The monoisotopic (exact) mass is 588 g/mol. The number of amides is 1. The number of nitrogens with zero attached hydrogens (tertiary/aromatic N) is 7. The van der Waals surface area contributed by atoms with E-state index in [0.29, 0.717) is 50.9 Å². The number of anilines is 2. The molecule has 1 amide bonds. The van der Waals surface area contributed by atoms with Crippen LogP contribution in [-0.4, -0.2) is 70.0 Å². The third kappa shape index (κ3) is 7.49. The van der Waals surface area contributed by atoms with Crippen molar-refractivity contribution in [3.05, 3.63) is 83.3 Å². The number of hydrogen-bond acceptors (Lipinski definition) is 9. The van der Waals surface area contributed by atoms with Crippen molar-refractivity contribution in [2.75, 3.05) is 36.4 Å². The number of carboxylic acid groups (broad SMARTS) is 1. The van der Waals surface area contributed by atoms with Crippen molar-refractivity contribution in [3.63, 3.8) is 0 Å². The molecule has 2 aliphatic rings. The van der Waals surface area contributed by atoms with E-state index in [0.717, 1.165) is 22.4 Å². The molecule has 0 spiro atoms. The number of carbonyl (C=O) groups excluding carboxylic acids is 2. The van der Waals surface area contributed by atoms with Crippen LogP contribution in [0.4, 0.5) is 16.3 Å². The average Bonchev–Trinajstić information content (AvgIpc) is 3.03. The molecule has 44 heavy (non-hydrogen) atoms. The van der Waals surface area contributed by atoms with Gasteiger partial charge in [0.2, 0.25) is 12.2 Å². The molecule has 1 N–H and O–H groups in total. The zero-order chi connectivity index (χ0) is 30.3. The minimum atomic E-state index is -1.37. The quantitative estimate of drug-likeness (QED) is 0.175. The molecular weight excluding hydrogens is 555 g/mol. The van der Waals surface area contributed by atoms with Crippen molar-refractivity contribution >= 4 is 29.5 Å². The van der Waals surface area contributed by atoms with Crippen LogP contribution in [0.1, 0.15) is 41.0 Å². The third-order valence-electron chi connectivity index (χ3n) is 7.76. The molecule has 13 heteroatoms. The fourth-order valence-electron chi connectivity index (χ4n) is 5.47. The SMILES string of the molecule is CC(C)C1CN(c2cnc(C(=O)[O-])cn2)CCN1/C(=N\C#N)Nc1cccc2c1CCN(C(=O)OCc1ccccc1)C2.[Li+]. The summed E-state index contributed by atoms with van der Waals surface area (Å²) in [6.07, 6.45) is 4.87. The predicted molar refractivity (Wildman–Crippen MR) is 158 cm³/mol. The van der Waals surface area contributed by atoms with E-state index in [9.17, 15) is 20.0 Å². The maximum absolute atomic E-state index is 12.8. The Balaban J connectivity index is 0.00000442. The Bertz CT molecular complexity index is 1530. The molecule has 1 unspecified atom stereocenters. The van der Waals surface area contributed by atoms with E-state index < -0.39 is 5.97 Å². The number of aromatic nitrogens is 2.